The molecule has 3 aliphatic heterocycles. The monoisotopic (exact) mass is 609 g/mol. The minimum atomic E-state index is -0.627. The summed E-state index contributed by atoms with van der Waals surface area (Å²) in [7, 11) is 0. The first-order valence-electron chi connectivity index (χ1n) is 13.9. The van der Waals surface area contributed by atoms with E-state index in [9.17, 15) is 14.4 Å². The molecule has 1 aromatic rings. The fraction of sp³-hybridized carbons (Fsp3) is 0.679. The number of ether oxygens (including phenoxy) is 1. The van der Waals surface area contributed by atoms with E-state index in [2.05, 4.69) is 33.5 Å². The first-order valence-corrected chi connectivity index (χ1v) is 15.7. The van der Waals surface area contributed by atoms with E-state index >= 15 is 0 Å². The van der Waals surface area contributed by atoms with E-state index in [-0.39, 0.29) is 34.4 Å². The molecule has 6 atom stereocenters. The van der Waals surface area contributed by atoms with E-state index < -0.39 is 22.6 Å². The molecule has 1 spiro atoms. The molecule has 3 heterocycles. The van der Waals surface area contributed by atoms with Crippen LogP contribution in [0, 0.1) is 11.8 Å². The third-order valence-electron chi connectivity index (χ3n) is 7.91. The van der Waals surface area contributed by atoms with Gasteiger partial charge in [-0.2, -0.15) is 0 Å². The molecule has 0 aliphatic carbocycles. The Labute approximate surface area is 238 Å². The number of rotatable bonds is 14. The molecule has 3 fully saturated rings. The van der Waals surface area contributed by atoms with Crippen LogP contribution in [-0.2, 0) is 14.4 Å². The topological polar surface area (TPSA) is 108 Å². The number of carbonyl (C=O) groups is 3. The van der Waals surface area contributed by atoms with Crippen LogP contribution in [0.2, 0.25) is 0 Å². The summed E-state index contributed by atoms with van der Waals surface area (Å²) in [6.45, 7) is 5.79. The molecule has 3 amide bonds. The summed E-state index contributed by atoms with van der Waals surface area (Å²) in [6, 6.07) is 6.67. The molecule has 8 nitrogen and oxygen atoms in total. The second-order valence-electron chi connectivity index (χ2n) is 10.4. The molecule has 10 heteroatoms. The van der Waals surface area contributed by atoms with E-state index in [1.165, 1.54) is 0 Å². The minimum Gasteiger partial charge on any atom is -0.494 e. The van der Waals surface area contributed by atoms with Gasteiger partial charge in [0.25, 0.3) is 0 Å². The average molecular weight is 611 g/mol. The van der Waals surface area contributed by atoms with Crippen molar-refractivity contribution in [1.82, 2.24) is 10.2 Å². The third-order valence-corrected chi connectivity index (χ3v) is 11.1. The van der Waals surface area contributed by atoms with Gasteiger partial charge in [-0.3, -0.25) is 14.4 Å². The minimum absolute atomic E-state index is 0.0445. The van der Waals surface area contributed by atoms with Gasteiger partial charge in [0.15, 0.2) is 0 Å². The number of likely N-dealkylation sites (tertiary alicyclic amines) is 1. The lowest BCUT2D eigenvalue weighted by Crippen LogP contribution is -2.54. The first kappa shape index (κ1) is 29.2. The SMILES string of the molecule is CCCCNC(=O)C1N(CCCCCCO)C(=O)[C@@H]2[C@@H](C(=O)Nc3ccc(OCC)cc3)[C@@H]3SC12CC3Br. The zero-order valence-corrected chi connectivity index (χ0v) is 24.7. The molecule has 1 aromatic carbocycles. The van der Waals surface area contributed by atoms with E-state index in [0.717, 1.165) is 44.3 Å². The number of aliphatic hydroxyl groups is 1. The van der Waals surface area contributed by atoms with Crippen molar-refractivity contribution >= 4 is 51.1 Å². The highest BCUT2D eigenvalue weighted by molar-refractivity contribution is 9.09. The zero-order chi connectivity index (χ0) is 27.3. The van der Waals surface area contributed by atoms with Crippen molar-refractivity contribution in [3.8, 4) is 5.75 Å². The van der Waals surface area contributed by atoms with Crippen molar-refractivity contribution in [1.29, 1.82) is 0 Å². The average Bonchev–Trinajstić information content (AvgIpc) is 3.49. The van der Waals surface area contributed by atoms with Crippen LogP contribution in [0.4, 0.5) is 5.69 Å². The number of fused-ring (bicyclic) bond motifs is 1. The van der Waals surface area contributed by atoms with Crippen LogP contribution in [0.1, 0.15) is 58.8 Å². The number of carbonyl (C=O) groups excluding carboxylic acids is 3. The standard InChI is InChI=1S/C28H40BrN3O5S/c1-3-5-14-30-26(35)24-28-17-20(29)23(38-28)21(22(28)27(36)32(24)15-8-6-7-9-16-33)25(34)31-18-10-12-19(13-11-18)37-4-2/h10-13,20-24,33H,3-9,14-17H2,1-2H3,(H,30,35)(H,31,34)/t20?,21-,22+,23-,24?,28?/m1/s1. The van der Waals surface area contributed by atoms with E-state index in [4.69, 9.17) is 9.84 Å². The lowest BCUT2D eigenvalue weighted by atomic mass is 9.70. The summed E-state index contributed by atoms with van der Waals surface area (Å²) in [5.41, 5.74) is 0.659. The molecule has 3 unspecified atom stereocenters. The summed E-state index contributed by atoms with van der Waals surface area (Å²) in [6.07, 6.45) is 5.80. The number of alkyl halides is 1. The van der Waals surface area contributed by atoms with E-state index in [0.29, 0.717) is 31.8 Å². The normalized spacial score (nSPS) is 29.4. The fourth-order valence-electron chi connectivity index (χ4n) is 6.23. The molecule has 0 radical (unpaired) electrons. The number of amides is 3. The Bertz CT molecular complexity index is 995. The van der Waals surface area contributed by atoms with Crippen molar-refractivity contribution in [3.63, 3.8) is 0 Å². The lowest BCUT2D eigenvalue weighted by molar-refractivity contribution is -0.139. The maximum absolute atomic E-state index is 14.0. The number of halogens is 1. The van der Waals surface area contributed by atoms with Crippen molar-refractivity contribution < 1.29 is 24.2 Å². The van der Waals surface area contributed by atoms with Crippen LogP contribution in [0.15, 0.2) is 24.3 Å². The quantitative estimate of drug-likeness (QED) is 0.218. The predicted octanol–water partition coefficient (Wildman–Crippen LogP) is 3.96. The van der Waals surface area contributed by atoms with Crippen LogP contribution in [0.5, 0.6) is 5.75 Å². The Morgan fingerprint density at radius 1 is 1.13 bits per heavy atom. The van der Waals surface area contributed by atoms with Crippen molar-refractivity contribution in [3.05, 3.63) is 24.3 Å². The molecular formula is C28H40BrN3O5S. The van der Waals surface area contributed by atoms with Crippen LogP contribution in [0.25, 0.3) is 0 Å². The third kappa shape index (κ3) is 5.72. The second kappa shape index (κ2) is 13.0. The molecular weight excluding hydrogens is 570 g/mol. The van der Waals surface area contributed by atoms with Gasteiger partial charge in [0.1, 0.15) is 11.8 Å². The zero-order valence-electron chi connectivity index (χ0n) is 22.3. The number of unbranched alkanes of at least 4 members (excludes halogenated alkanes) is 4. The number of anilines is 1. The van der Waals surface area contributed by atoms with E-state index in [1.54, 1.807) is 16.7 Å². The van der Waals surface area contributed by atoms with Gasteiger partial charge in [-0.15, -0.1) is 11.8 Å². The largest absolute Gasteiger partial charge is 0.494 e. The van der Waals surface area contributed by atoms with Gasteiger partial charge in [0, 0.05) is 35.5 Å². The van der Waals surface area contributed by atoms with Gasteiger partial charge in [0.05, 0.1) is 23.2 Å². The number of hydrogen-bond donors (Lipinski definition) is 3. The van der Waals surface area contributed by atoms with Crippen LogP contribution in [0.3, 0.4) is 0 Å². The van der Waals surface area contributed by atoms with Crippen molar-refractivity contribution in [2.24, 2.45) is 11.8 Å². The summed E-state index contributed by atoms with van der Waals surface area (Å²) in [5.74, 6) is -0.686. The van der Waals surface area contributed by atoms with Crippen LogP contribution < -0.4 is 15.4 Å². The highest BCUT2D eigenvalue weighted by Crippen LogP contribution is 2.67. The van der Waals surface area contributed by atoms with Gasteiger partial charge in [-0.1, -0.05) is 42.1 Å². The highest BCUT2D eigenvalue weighted by atomic mass is 79.9. The molecule has 2 bridgehead atoms. The van der Waals surface area contributed by atoms with Gasteiger partial charge in [-0.25, -0.2) is 0 Å². The van der Waals surface area contributed by atoms with Crippen molar-refractivity contribution in [2.75, 3.05) is 31.6 Å². The van der Waals surface area contributed by atoms with Crippen molar-refractivity contribution in [2.45, 2.75) is 79.7 Å². The van der Waals surface area contributed by atoms with Gasteiger partial charge in [-0.05, 0) is 56.9 Å². The molecule has 3 saturated heterocycles. The Kier molecular flexibility index (Phi) is 10.0. The lowest BCUT2D eigenvalue weighted by Gasteiger charge is -2.35. The van der Waals surface area contributed by atoms with Crippen LogP contribution >= 0.6 is 27.7 Å². The summed E-state index contributed by atoms with van der Waals surface area (Å²) >= 11 is 5.47. The number of aliphatic hydroxyl groups excluding tert-OH is 1. The van der Waals surface area contributed by atoms with Crippen LogP contribution in [-0.4, -0.2) is 74.9 Å². The Morgan fingerprint density at radius 3 is 2.55 bits per heavy atom. The number of hydrogen-bond acceptors (Lipinski definition) is 6. The maximum Gasteiger partial charge on any atom is 0.244 e. The summed E-state index contributed by atoms with van der Waals surface area (Å²) in [5, 5.41) is 15.1. The molecule has 210 valence electrons. The van der Waals surface area contributed by atoms with Gasteiger partial charge in [0.2, 0.25) is 17.7 Å². The first-order chi connectivity index (χ1) is 18.4. The Balaban J connectivity index is 1.57. The van der Waals surface area contributed by atoms with E-state index in [1.807, 2.05) is 31.2 Å². The molecule has 0 aromatic heterocycles. The number of thioether (sulfide) groups is 1. The Morgan fingerprint density at radius 2 is 1.87 bits per heavy atom. The summed E-state index contributed by atoms with van der Waals surface area (Å²) < 4.78 is 4.88. The molecule has 3 N–H and O–H groups in total. The highest BCUT2D eigenvalue weighted by Gasteiger charge is 2.75. The Hall–Kier alpha value is -1.78. The number of nitrogens with one attached hydrogen (secondary N) is 2. The van der Waals surface area contributed by atoms with Gasteiger partial charge >= 0.3 is 0 Å². The molecule has 0 saturated carbocycles. The smallest absolute Gasteiger partial charge is 0.244 e. The predicted molar refractivity (Wildman–Crippen MR) is 154 cm³/mol. The van der Waals surface area contributed by atoms with Gasteiger partial charge < -0.3 is 25.4 Å². The summed E-state index contributed by atoms with van der Waals surface area (Å²) in [4.78, 5) is 43.1. The maximum atomic E-state index is 14.0. The fourth-order valence-corrected chi connectivity index (χ4v) is 9.84. The molecule has 38 heavy (non-hydrogen) atoms. The number of benzene rings is 1. The molecule has 3 aliphatic rings. The number of nitrogens with zero attached hydrogens (tertiary/aromatic N) is 1. The molecule has 4 rings (SSSR count). The second-order valence-corrected chi connectivity index (χ2v) is 13.1.